The zero-order chi connectivity index (χ0) is 12.2. The molecule has 90 valence electrons. The second kappa shape index (κ2) is 3.34. The van der Waals surface area contributed by atoms with Crippen molar-refractivity contribution < 1.29 is 18.0 Å². The minimum absolute atomic E-state index is 0.217. The van der Waals surface area contributed by atoms with Gasteiger partial charge in [-0.3, -0.25) is 4.79 Å². The smallest absolute Gasteiger partial charge is 0.289 e. The van der Waals surface area contributed by atoms with Crippen LogP contribution in [0.3, 0.4) is 0 Å². The number of rotatable bonds is 1. The van der Waals surface area contributed by atoms with E-state index in [-0.39, 0.29) is 11.8 Å². The van der Waals surface area contributed by atoms with E-state index in [4.69, 9.17) is 0 Å². The van der Waals surface area contributed by atoms with E-state index in [0.717, 1.165) is 11.1 Å². The van der Waals surface area contributed by atoms with E-state index in [1.165, 1.54) is 0 Å². The van der Waals surface area contributed by atoms with Crippen molar-refractivity contribution >= 4 is 5.78 Å². The molecule has 3 rings (SSSR count). The summed E-state index contributed by atoms with van der Waals surface area (Å²) in [6, 6.07) is 7.37. The van der Waals surface area contributed by atoms with Crippen molar-refractivity contribution in [1.82, 2.24) is 0 Å². The van der Waals surface area contributed by atoms with Gasteiger partial charge in [0.25, 0.3) is 0 Å². The summed E-state index contributed by atoms with van der Waals surface area (Å²) in [6.45, 7) is 0. The maximum absolute atomic E-state index is 12.5. The molecule has 1 aromatic rings. The maximum atomic E-state index is 12.5. The highest BCUT2D eigenvalue weighted by Crippen LogP contribution is 2.58. The van der Waals surface area contributed by atoms with Crippen molar-refractivity contribution in [1.29, 1.82) is 0 Å². The minimum atomic E-state index is -4.70. The number of ketones is 1. The fraction of sp³-hybridized carbons (Fsp3) is 0.462. The molecule has 2 aliphatic carbocycles. The van der Waals surface area contributed by atoms with Crippen LogP contribution in [0.2, 0.25) is 0 Å². The van der Waals surface area contributed by atoms with Crippen LogP contribution in [-0.2, 0) is 4.79 Å². The van der Waals surface area contributed by atoms with Gasteiger partial charge in [-0.05, 0) is 35.8 Å². The van der Waals surface area contributed by atoms with Gasteiger partial charge in [0.1, 0.15) is 0 Å². The molecule has 17 heavy (non-hydrogen) atoms. The van der Waals surface area contributed by atoms with Crippen LogP contribution in [0, 0.1) is 5.92 Å². The normalized spacial score (nSPS) is 30.4. The third-order valence-corrected chi connectivity index (χ3v) is 4.03. The number of carbonyl (C=O) groups is 1. The number of hydrogen-bond acceptors (Lipinski definition) is 1. The van der Waals surface area contributed by atoms with Crippen LogP contribution < -0.4 is 0 Å². The zero-order valence-electron chi connectivity index (χ0n) is 9.00. The monoisotopic (exact) mass is 240 g/mol. The van der Waals surface area contributed by atoms with Gasteiger partial charge in [-0.1, -0.05) is 24.3 Å². The Morgan fingerprint density at radius 2 is 1.53 bits per heavy atom. The Balaban J connectivity index is 2.01. The number of halogens is 3. The summed E-state index contributed by atoms with van der Waals surface area (Å²) in [5, 5.41) is 0. The van der Waals surface area contributed by atoms with Gasteiger partial charge in [0.15, 0.2) is 0 Å². The van der Waals surface area contributed by atoms with Gasteiger partial charge in [-0.25, -0.2) is 0 Å². The second-order valence-electron chi connectivity index (χ2n) is 4.81. The lowest BCUT2D eigenvalue weighted by atomic mass is 9.90. The number of benzene rings is 1. The van der Waals surface area contributed by atoms with E-state index in [1.54, 1.807) is 0 Å². The molecule has 0 radical (unpaired) electrons. The molecule has 0 spiro atoms. The highest BCUT2D eigenvalue weighted by Gasteiger charge is 2.55. The van der Waals surface area contributed by atoms with Crippen LogP contribution >= 0.6 is 0 Å². The number of carbonyl (C=O) groups excluding carboxylic acids is 1. The molecular weight excluding hydrogens is 229 g/mol. The molecule has 0 saturated heterocycles. The van der Waals surface area contributed by atoms with Crippen molar-refractivity contribution in [3.8, 4) is 0 Å². The Kier molecular flexibility index (Phi) is 2.12. The molecule has 2 bridgehead atoms. The topological polar surface area (TPSA) is 17.1 Å². The standard InChI is InChI=1S/C13H11F3O/c14-13(15,16)12(17)11-9-5-6-10(11)8-4-2-1-3-7(8)9/h1-4,9-11H,5-6H2/t9-,10-/m0/s1. The van der Waals surface area contributed by atoms with Crippen molar-refractivity contribution in [2.45, 2.75) is 30.9 Å². The Hall–Kier alpha value is -1.32. The first-order valence-corrected chi connectivity index (χ1v) is 5.70. The van der Waals surface area contributed by atoms with Crippen LogP contribution in [-0.4, -0.2) is 12.0 Å². The molecule has 4 heteroatoms. The summed E-state index contributed by atoms with van der Waals surface area (Å²) in [6.07, 6.45) is -3.30. The molecule has 0 heterocycles. The maximum Gasteiger partial charge on any atom is 0.450 e. The fourth-order valence-electron chi connectivity index (χ4n) is 3.44. The summed E-state index contributed by atoms with van der Waals surface area (Å²) in [5.41, 5.74) is 1.90. The van der Waals surface area contributed by atoms with Crippen LogP contribution in [0.1, 0.15) is 35.8 Å². The average molecular weight is 240 g/mol. The third-order valence-electron chi connectivity index (χ3n) is 4.03. The van der Waals surface area contributed by atoms with Crippen LogP contribution in [0.25, 0.3) is 0 Å². The van der Waals surface area contributed by atoms with Crippen molar-refractivity contribution in [3.63, 3.8) is 0 Å². The first-order valence-electron chi connectivity index (χ1n) is 5.70. The summed E-state index contributed by atoms with van der Waals surface area (Å²) < 4.78 is 37.6. The molecule has 0 aliphatic heterocycles. The summed E-state index contributed by atoms with van der Waals surface area (Å²) >= 11 is 0. The molecule has 0 aromatic heterocycles. The van der Waals surface area contributed by atoms with Gasteiger partial charge >= 0.3 is 6.18 Å². The lowest BCUT2D eigenvalue weighted by Gasteiger charge is -2.16. The van der Waals surface area contributed by atoms with Crippen LogP contribution in [0.5, 0.6) is 0 Å². The Labute approximate surface area is 96.6 Å². The van der Waals surface area contributed by atoms with E-state index in [1.807, 2.05) is 24.3 Å². The van der Waals surface area contributed by atoms with Crippen LogP contribution in [0.15, 0.2) is 24.3 Å². The first-order chi connectivity index (χ1) is 8.00. The van der Waals surface area contributed by atoms with E-state index in [2.05, 4.69) is 0 Å². The van der Waals surface area contributed by atoms with E-state index in [0.29, 0.717) is 12.8 Å². The van der Waals surface area contributed by atoms with Gasteiger partial charge < -0.3 is 0 Å². The highest BCUT2D eigenvalue weighted by molar-refractivity contribution is 5.89. The molecule has 0 unspecified atom stereocenters. The van der Waals surface area contributed by atoms with Crippen molar-refractivity contribution in [3.05, 3.63) is 35.4 Å². The predicted molar refractivity (Wildman–Crippen MR) is 55.7 cm³/mol. The summed E-state index contributed by atoms with van der Waals surface area (Å²) in [7, 11) is 0. The summed E-state index contributed by atoms with van der Waals surface area (Å²) in [5.74, 6) is -2.84. The molecule has 2 atom stereocenters. The minimum Gasteiger partial charge on any atom is -0.289 e. The predicted octanol–water partition coefficient (Wildman–Crippen LogP) is 3.41. The molecular formula is C13H11F3O. The number of alkyl halides is 3. The second-order valence-corrected chi connectivity index (χ2v) is 4.81. The van der Waals surface area contributed by atoms with E-state index >= 15 is 0 Å². The molecule has 2 aliphatic rings. The molecule has 1 saturated carbocycles. The SMILES string of the molecule is O=C(C1[C@H]2CC[C@H]1c1ccccc12)C(F)(F)F. The van der Waals surface area contributed by atoms with Gasteiger partial charge in [-0.15, -0.1) is 0 Å². The largest absolute Gasteiger partial charge is 0.450 e. The molecule has 1 aromatic carbocycles. The number of Topliss-reactive ketones (excluding diaryl/α,β-unsaturated/α-hetero) is 1. The molecule has 1 fully saturated rings. The van der Waals surface area contributed by atoms with Gasteiger partial charge in [0.2, 0.25) is 5.78 Å². The third kappa shape index (κ3) is 1.43. The number of fused-ring (bicyclic) bond motifs is 5. The zero-order valence-corrected chi connectivity index (χ0v) is 9.00. The van der Waals surface area contributed by atoms with E-state index in [9.17, 15) is 18.0 Å². The summed E-state index contributed by atoms with van der Waals surface area (Å²) in [4.78, 5) is 11.5. The van der Waals surface area contributed by atoms with Crippen molar-refractivity contribution in [2.75, 3.05) is 0 Å². The Bertz CT molecular complexity index is 447. The average Bonchev–Trinajstić information content (AvgIpc) is 2.83. The fourth-order valence-corrected chi connectivity index (χ4v) is 3.44. The van der Waals surface area contributed by atoms with Crippen LogP contribution in [0.4, 0.5) is 13.2 Å². The Morgan fingerprint density at radius 3 is 1.94 bits per heavy atom. The van der Waals surface area contributed by atoms with Gasteiger partial charge in [0, 0.05) is 5.92 Å². The highest BCUT2D eigenvalue weighted by atomic mass is 19.4. The molecule has 1 nitrogen and oxygen atoms in total. The lowest BCUT2D eigenvalue weighted by molar-refractivity contribution is -0.176. The van der Waals surface area contributed by atoms with E-state index < -0.39 is 17.9 Å². The lowest BCUT2D eigenvalue weighted by Crippen LogP contribution is -2.32. The first kappa shape index (κ1) is 10.8. The van der Waals surface area contributed by atoms with Gasteiger partial charge in [-0.2, -0.15) is 13.2 Å². The van der Waals surface area contributed by atoms with Gasteiger partial charge in [0.05, 0.1) is 0 Å². The molecule has 0 N–H and O–H groups in total. The quantitative estimate of drug-likeness (QED) is 0.735. The van der Waals surface area contributed by atoms with Crippen molar-refractivity contribution in [2.24, 2.45) is 5.92 Å². The number of hydrogen-bond donors (Lipinski definition) is 0. The molecule has 0 amide bonds. The Morgan fingerprint density at radius 1 is 1.06 bits per heavy atom.